The van der Waals surface area contributed by atoms with E-state index in [-0.39, 0.29) is 0 Å². The van der Waals surface area contributed by atoms with E-state index in [1.165, 1.54) is 31.2 Å². The molecule has 18 heavy (non-hydrogen) atoms. The quantitative estimate of drug-likeness (QED) is 0.803. The number of rotatable bonds is 7. The Morgan fingerprint density at radius 1 is 1.39 bits per heavy atom. The van der Waals surface area contributed by atoms with Gasteiger partial charge in [0.15, 0.2) is 0 Å². The van der Waals surface area contributed by atoms with E-state index >= 15 is 0 Å². The van der Waals surface area contributed by atoms with E-state index in [1.54, 1.807) is 6.20 Å². The summed E-state index contributed by atoms with van der Waals surface area (Å²) in [5.74, 6) is 1.66. The van der Waals surface area contributed by atoms with Gasteiger partial charge in [-0.1, -0.05) is 13.3 Å². The van der Waals surface area contributed by atoms with Crippen LogP contribution in [-0.2, 0) is 0 Å². The average Bonchev–Trinajstić information content (AvgIpc) is 2.33. The predicted octanol–water partition coefficient (Wildman–Crippen LogP) is 3.32. The molecular formula is C15H24N2O. The maximum Gasteiger partial charge on any atom is 0.137 e. The second-order valence-corrected chi connectivity index (χ2v) is 5.01. The third kappa shape index (κ3) is 3.22. The van der Waals surface area contributed by atoms with E-state index in [2.05, 4.69) is 23.3 Å². The van der Waals surface area contributed by atoms with Crippen LogP contribution in [0.4, 0.5) is 0 Å². The van der Waals surface area contributed by atoms with Crippen molar-refractivity contribution in [3.63, 3.8) is 0 Å². The first-order valence-electron chi connectivity index (χ1n) is 7.16. The molecule has 100 valence electrons. The summed E-state index contributed by atoms with van der Waals surface area (Å²) < 4.78 is 5.54. The normalized spacial score (nSPS) is 17.2. The Balaban J connectivity index is 2.10. The van der Waals surface area contributed by atoms with Crippen LogP contribution in [0.1, 0.15) is 51.1 Å². The second kappa shape index (κ2) is 6.74. The molecule has 0 amide bonds. The van der Waals surface area contributed by atoms with Crippen molar-refractivity contribution in [1.29, 1.82) is 0 Å². The first-order chi connectivity index (χ1) is 8.85. The molecule has 1 aliphatic carbocycles. The van der Waals surface area contributed by atoms with Crippen LogP contribution in [0.2, 0.25) is 0 Å². The molecule has 0 saturated heterocycles. The molecule has 1 fully saturated rings. The van der Waals surface area contributed by atoms with E-state index < -0.39 is 0 Å². The van der Waals surface area contributed by atoms with Crippen molar-refractivity contribution >= 4 is 0 Å². The molecule has 3 heteroatoms. The summed E-state index contributed by atoms with van der Waals surface area (Å²) in [6, 6.07) is 2.59. The Labute approximate surface area is 110 Å². The topological polar surface area (TPSA) is 34.2 Å². The number of nitrogens with zero attached hydrogens (tertiary/aromatic N) is 1. The van der Waals surface area contributed by atoms with Crippen LogP contribution < -0.4 is 10.1 Å². The lowest BCUT2D eigenvalue weighted by Crippen LogP contribution is -2.32. The zero-order valence-electron chi connectivity index (χ0n) is 11.5. The van der Waals surface area contributed by atoms with Crippen molar-refractivity contribution in [2.24, 2.45) is 5.92 Å². The van der Waals surface area contributed by atoms with Gasteiger partial charge in [-0.3, -0.25) is 4.98 Å². The summed E-state index contributed by atoms with van der Waals surface area (Å²) in [4.78, 5) is 4.31. The fraction of sp³-hybridized carbons (Fsp3) is 0.667. The fourth-order valence-electron chi connectivity index (χ4n) is 2.48. The number of hydrogen-bond donors (Lipinski definition) is 1. The van der Waals surface area contributed by atoms with E-state index in [4.69, 9.17) is 4.74 Å². The van der Waals surface area contributed by atoms with Gasteiger partial charge in [-0.2, -0.15) is 0 Å². The summed E-state index contributed by atoms with van der Waals surface area (Å²) in [5, 5.41) is 3.66. The van der Waals surface area contributed by atoms with Crippen molar-refractivity contribution in [3.8, 4) is 5.75 Å². The molecular weight excluding hydrogens is 224 g/mol. The van der Waals surface area contributed by atoms with Gasteiger partial charge in [-0.05, 0) is 50.3 Å². The maximum atomic E-state index is 5.54. The van der Waals surface area contributed by atoms with Crippen molar-refractivity contribution in [2.45, 2.75) is 45.6 Å². The zero-order valence-corrected chi connectivity index (χ0v) is 11.5. The van der Waals surface area contributed by atoms with Gasteiger partial charge in [0, 0.05) is 12.2 Å². The van der Waals surface area contributed by atoms with Crippen LogP contribution in [0.5, 0.6) is 5.75 Å². The minimum Gasteiger partial charge on any atom is -0.492 e. The summed E-state index contributed by atoms with van der Waals surface area (Å²) in [7, 11) is 0. The molecule has 1 aromatic rings. The lowest BCUT2D eigenvalue weighted by molar-refractivity contribution is 0.230. The highest BCUT2D eigenvalue weighted by molar-refractivity contribution is 5.26. The highest BCUT2D eigenvalue weighted by Crippen LogP contribution is 2.38. The largest absolute Gasteiger partial charge is 0.492 e. The van der Waals surface area contributed by atoms with Crippen molar-refractivity contribution in [3.05, 3.63) is 24.0 Å². The molecule has 0 spiro atoms. The van der Waals surface area contributed by atoms with E-state index in [1.807, 2.05) is 13.1 Å². The Bertz CT molecular complexity index is 363. The fourth-order valence-corrected chi connectivity index (χ4v) is 2.48. The standard InChI is InChI=1S/C15H24N2O/c1-3-8-17-15(12-6-5-7-12)13-9-14(18-4-2)11-16-10-13/h9-12,15,17H,3-8H2,1-2H3. The van der Waals surface area contributed by atoms with E-state index in [9.17, 15) is 0 Å². The molecule has 1 unspecified atom stereocenters. The van der Waals surface area contributed by atoms with Gasteiger partial charge in [0.05, 0.1) is 12.8 Å². The van der Waals surface area contributed by atoms with Crippen LogP contribution >= 0.6 is 0 Å². The summed E-state index contributed by atoms with van der Waals surface area (Å²) in [5.41, 5.74) is 1.28. The van der Waals surface area contributed by atoms with Gasteiger partial charge in [0.2, 0.25) is 0 Å². The molecule has 0 radical (unpaired) electrons. The summed E-state index contributed by atoms with van der Waals surface area (Å²) >= 11 is 0. The molecule has 1 heterocycles. The third-order valence-electron chi connectivity index (χ3n) is 3.64. The van der Waals surface area contributed by atoms with Crippen LogP contribution in [0.25, 0.3) is 0 Å². The number of nitrogens with one attached hydrogen (secondary N) is 1. The van der Waals surface area contributed by atoms with Gasteiger partial charge in [-0.25, -0.2) is 0 Å². The van der Waals surface area contributed by atoms with Gasteiger partial charge in [0.25, 0.3) is 0 Å². The molecule has 3 nitrogen and oxygen atoms in total. The average molecular weight is 248 g/mol. The predicted molar refractivity (Wildman–Crippen MR) is 73.8 cm³/mol. The van der Waals surface area contributed by atoms with Crippen LogP contribution in [0.15, 0.2) is 18.5 Å². The van der Waals surface area contributed by atoms with Gasteiger partial charge >= 0.3 is 0 Å². The number of ether oxygens (including phenoxy) is 1. The molecule has 0 aliphatic heterocycles. The molecule has 0 bridgehead atoms. The monoisotopic (exact) mass is 248 g/mol. The Morgan fingerprint density at radius 2 is 2.22 bits per heavy atom. The second-order valence-electron chi connectivity index (χ2n) is 5.01. The Morgan fingerprint density at radius 3 is 2.83 bits per heavy atom. The van der Waals surface area contributed by atoms with Crippen molar-refractivity contribution in [2.75, 3.05) is 13.2 Å². The van der Waals surface area contributed by atoms with Crippen LogP contribution in [0.3, 0.4) is 0 Å². The molecule has 1 aromatic heterocycles. The first-order valence-corrected chi connectivity index (χ1v) is 7.16. The lowest BCUT2D eigenvalue weighted by Gasteiger charge is -2.34. The maximum absolute atomic E-state index is 5.54. The molecule has 1 N–H and O–H groups in total. The smallest absolute Gasteiger partial charge is 0.137 e. The number of pyridine rings is 1. The van der Waals surface area contributed by atoms with Crippen molar-refractivity contribution in [1.82, 2.24) is 10.3 Å². The van der Waals surface area contributed by atoms with Crippen LogP contribution in [-0.4, -0.2) is 18.1 Å². The van der Waals surface area contributed by atoms with Gasteiger partial charge in [0.1, 0.15) is 5.75 Å². The third-order valence-corrected chi connectivity index (χ3v) is 3.64. The zero-order chi connectivity index (χ0) is 12.8. The Hall–Kier alpha value is -1.09. The highest BCUT2D eigenvalue weighted by atomic mass is 16.5. The number of aromatic nitrogens is 1. The lowest BCUT2D eigenvalue weighted by atomic mass is 9.77. The molecule has 1 saturated carbocycles. The summed E-state index contributed by atoms with van der Waals surface area (Å²) in [6.07, 6.45) is 8.98. The first kappa shape index (κ1) is 13.3. The molecule has 2 rings (SSSR count). The van der Waals surface area contributed by atoms with Crippen LogP contribution in [0, 0.1) is 5.92 Å². The Kier molecular flexibility index (Phi) is 5.00. The highest BCUT2D eigenvalue weighted by Gasteiger charge is 2.28. The van der Waals surface area contributed by atoms with Gasteiger partial charge in [-0.15, -0.1) is 0 Å². The molecule has 0 aromatic carbocycles. The molecule has 1 atom stereocenters. The molecule has 1 aliphatic rings. The minimum absolute atomic E-state index is 0.451. The van der Waals surface area contributed by atoms with E-state index in [0.29, 0.717) is 12.6 Å². The SMILES string of the molecule is CCCNC(c1cncc(OCC)c1)C1CCC1. The van der Waals surface area contributed by atoms with Gasteiger partial charge < -0.3 is 10.1 Å². The van der Waals surface area contributed by atoms with E-state index in [0.717, 1.165) is 18.2 Å². The number of hydrogen-bond acceptors (Lipinski definition) is 3. The summed E-state index contributed by atoms with van der Waals surface area (Å²) in [6.45, 7) is 5.98. The van der Waals surface area contributed by atoms with Crippen molar-refractivity contribution < 1.29 is 4.74 Å². The minimum atomic E-state index is 0.451.